The SMILES string of the molecule is CCCCCCC1CCC(c2ccc(-c3ccc(C4CCC(CCCCCC)CC4)cc3)cc2)CC1. The fourth-order valence-corrected chi connectivity index (χ4v) is 7.18. The predicted molar refractivity (Wildman–Crippen MR) is 159 cm³/mol. The van der Waals surface area contributed by atoms with Crippen LogP contribution in [0.2, 0.25) is 0 Å². The minimum Gasteiger partial charge on any atom is -0.0654 e. The summed E-state index contributed by atoms with van der Waals surface area (Å²) in [7, 11) is 0. The summed E-state index contributed by atoms with van der Waals surface area (Å²) in [5.74, 6) is 3.57. The molecule has 2 aliphatic rings. The highest BCUT2D eigenvalue weighted by Crippen LogP contribution is 2.40. The van der Waals surface area contributed by atoms with E-state index in [2.05, 4.69) is 62.4 Å². The second kappa shape index (κ2) is 15.0. The molecule has 2 aromatic rings. The minimum absolute atomic E-state index is 0.787. The van der Waals surface area contributed by atoms with Gasteiger partial charge in [-0.25, -0.2) is 0 Å². The molecule has 0 heterocycles. The quantitative estimate of drug-likeness (QED) is 0.247. The Morgan fingerprint density at radius 2 is 0.806 bits per heavy atom. The van der Waals surface area contributed by atoms with E-state index >= 15 is 0 Å². The van der Waals surface area contributed by atoms with Crippen LogP contribution in [-0.4, -0.2) is 0 Å². The number of rotatable bonds is 13. The van der Waals surface area contributed by atoms with Crippen LogP contribution in [0.4, 0.5) is 0 Å². The van der Waals surface area contributed by atoms with Crippen molar-refractivity contribution >= 4 is 0 Å². The van der Waals surface area contributed by atoms with E-state index in [1.807, 2.05) is 0 Å². The normalized spacial score (nSPS) is 24.6. The summed E-state index contributed by atoms with van der Waals surface area (Å²) in [6.45, 7) is 4.63. The van der Waals surface area contributed by atoms with Crippen LogP contribution in [0.15, 0.2) is 48.5 Å². The maximum absolute atomic E-state index is 2.43. The summed E-state index contributed by atoms with van der Waals surface area (Å²) in [5.41, 5.74) is 5.91. The molecule has 2 saturated carbocycles. The Balaban J connectivity index is 1.22. The maximum atomic E-state index is 2.43. The first-order chi connectivity index (χ1) is 17.8. The monoisotopic (exact) mass is 486 g/mol. The average molecular weight is 487 g/mol. The van der Waals surface area contributed by atoms with Gasteiger partial charge in [-0.3, -0.25) is 0 Å². The first-order valence-corrected chi connectivity index (χ1v) is 16.0. The molecule has 0 aromatic heterocycles. The van der Waals surface area contributed by atoms with Crippen molar-refractivity contribution in [2.45, 2.75) is 141 Å². The number of hydrogen-bond donors (Lipinski definition) is 0. The van der Waals surface area contributed by atoms with Crippen molar-refractivity contribution in [1.29, 1.82) is 0 Å². The van der Waals surface area contributed by atoms with Gasteiger partial charge in [0, 0.05) is 0 Å². The van der Waals surface area contributed by atoms with Crippen LogP contribution in [0.5, 0.6) is 0 Å². The smallest absolute Gasteiger partial charge is 0.0162 e. The van der Waals surface area contributed by atoms with Gasteiger partial charge in [-0.15, -0.1) is 0 Å². The molecule has 0 spiro atoms. The molecule has 0 bridgehead atoms. The van der Waals surface area contributed by atoms with Gasteiger partial charge in [0.25, 0.3) is 0 Å². The van der Waals surface area contributed by atoms with Gasteiger partial charge < -0.3 is 0 Å². The first kappa shape index (κ1) is 27.5. The number of benzene rings is 2. The van der Waals surface area contributed by atoms with E-state index in [0.29, 0.717) is 0 Å². The Morgan fingerprint density at radius 3 is 1.14 bits per heavy atom. The summed E-state index contributed by atoms with van der Waals surface area (Å²) in [6, 6.07) is 19.2. The Morgan fingerprint density at radius 1 is 0.444 bits per heavy atom. The van der Waals surface area contributed by atoms with Crippen LogP contribution < -0.4 is 0 Å². The van der Waals surface area contributed by atoms with Gasteiger partial charge >= 0.3 is 0 Å². The lowest BCUT2D eigenvalue weighted by Gasteiger charge is -2.29. The van der Waals surface area contributed by atoms with Crippen LogP contribution in [0, 0.1) is 11.8 Å². The molecule has 198 valence electrons. The van der Waals surface area contributed by atoms with Crippen molar-refractivity contribution in [2.24, 2.45) is 11.8 Å². The topological polar surface area (TPSA) is 0 Å². The summed E-state index contributed by atoms with van der Waals surface area (Å²) < 4.78 is 0. The molecule has 0 heteroatoms. The zero-order chi connectivity index (χ0) is 25.0. The van der Waals surface area contributed by atoms with Crippen LogP contribution >= 0.6 is 0 Å². The van der Waals surface area contributed by atoms with Gasteiger partial charge in [0.05, 0.1) is 0 Å². The molecule has 4 rings (SSSR count). The molecule has 36 heavy (non-hydrogen) atoms. The van der Waals surface area contributed by atoms with E-state index in [4.69, 9.17) is 0 Å². The van der Waals surface area contributed by atoms with E-state index < -0.39 is 0 Å². The molecule has 2 aliphatic carbocycles. The molecule has 2 fully saturated rings. The lowest BCUT2D eigenvalue weighted by atomic mass is 9.76. The second-order valence-corrected chi connectivity index (χ2v) is 12.4. The Labute approximate surface area is 223 Å². The molecule has 0 saturated heterocycles. The fraction of sp³-hybridized carbons (Fsp3) is 0.667. The van der Waals surface area contributed by atoms with Crippen molar-refractivity contribution in [3.05, 3.63) is 59.7 Å². The molecule has 0 amide bonds. The molecular formula is C36H54. The molecule has 0 atom stereocenters. The Kier molecular flexibility index (Phi) is 11.4. The molecule has 0 unspecified atom stereocenters. The van der Waals surface area contributed by atoms with Gasteiger partial charge in [0.2, 0.25) is 0 Å². The van der Waals surface area contributed by atoms with Gasteiger partial charge in [0.1, 0.15) is 0 Å². The molecule has 0 N–H and O–H groups in total. The molecule has 0 aliphatic heterocycles. The van der Waals surface area contributed by atoms with Gasteiger partial charge in [-0.2, -0.15) is 0 Å². The lowest BCUT2D eigenvalue weighted by molar-refractivity contribution is 0.302. The van der Waals surface area contributed by atoms with Crippen molar-refractivity contribution in [2.75, 3.05) is 0 Å². The van der Waals surface area contributed by atoms with Crippen LogP contribution in [-0.2, 0) is 0 Å². The van der Waals surface area contributed by atoms with Crippen molar-refractivity contribution < 1.29 is 0 Å². The third kappa shape index (κ3) is 8.22. The summed E-state index contributed by atoms with van der Waals surface area (Å²) in [6.07, 6.45) is 25.7. The lowest BCUT2D eigenvalue weighted by Crippen LogP contribution is -2.13. The van der Waals surface area contributed by atoms with E-state index in [9.17, 15) is 0 Å². The first-order valence-electron chi connectivity index (χ1n) is 16.0. The van der Waals surface area contributed by atoms with Crippen LogP contribution in [0.1, 0.15) is 152 Å². The largest absolute Gasteiger partial charge is 0.0654 e. The zero-order valence-electron chi connectivity index (χ0n) is 23.7. The van der Waals surface area contributed by atoms with Crippen molar-refractivity contribution in [3.63, 3.8) is 0 Å². The van der Waals surface area contributed by atoms with Gasteiger partial charge in [0.15, 0.2) is 0 Å². The van der Waals surface area contributed by atoms with E-state index in [1.165, 1.54) is 127 Å². The summed E-state index contributed by atoms with van der Waals surface area (Å²) in [5, 5.41) is 0. The fourth-order valence-electron chi connectivity index (χ4n) is 7.18. The summed E-state index contributed by atoms with van der Waals surface area (Å²) in [4.78, 5) is 0. The van der Waals surface area contributed by atoms with Crippen molar-refractivity contribution in [3.8, 4) is 11.1 Å². The molecule has 0 nitrogen and oxygen atoms in total. The minimum atomic E-state index is 0.787. The highest BCUT2D eigenvalue weighted by molar-refractivity contribution is 5.64. The standard InChI is InChI=1S/C36H54/c1-3-5-7-9-11-29-13-17-31(18-14-29)33-21-25-35(26-22-33)36-27-23-34(24-28-36)32-19-15-30(16-20-32)12-10-8-6-4-2/h21-32H,3-20H2,1-2H3. The zero-order valence-corrected chi connectivity index (χ0v) is 23.7. The summed E-state index contributed by atoms with van der Waals surface area (Å²) >= 11 is 0. The predicted octanol–water partition coefficient (Wildman–Crippen LogP) is 11.8. The van der Waals surface area contributed by atoms with Gasteiger partial charge in [-0.1, -0.05) is 127 Å². The van der Waals surface area contributed by atoms with Crippen molar-refractivity contribution in [1.82, 2.24) is 0 Å². The van der Waals surface area contributed by atoms with Crippen LogP contribution in [0.3, 0.4) is 0 Å². The van der Waals surface area contributed by atoms with E-state index in [1.54, 1.807) is 11.1 Å². The molecule has 2 aromatic carbocycles. The van der Waals surface area contributed by atoms with E-state index in [0.717, 1.165) is 23.7 Å². The highest BCUT2D eigenvalue weighted by Gasteiger charge is 2.23. The third-order valence-electron chi connectivity index (χ3n) is 9.72. The average Bonchev–Trinajstić information content (AvgIpc) is 2.94. The second-order valence-electron chi connectivity index (χ2n) is 12.4. The maximum Gasteiger partial charge on any atom is -0.0162 e. The Bertz CT molecular complexity index is 755. The Hall–Kier alpha value is -1.56. The van der Waals surface area contributed by atoms with E-state index in [-0.39, 0.29) is 0 Å². The third-order valence-corrected chi connectivity index (χ3v) is 9.72. The number of hydrogen-bond acceptors (Lipinski definition) is 0. The molecular weight excluding hydrogens is 432 g/mol. The molecule has 0 radical (unpaired) electrons. The number of unbranched alkanes of at least 4 members (excludes halogenated alkanes) is 6. The van der Waals surface area contributed by atoms with Gasteiger partial charge in [-0.05, 0) is 97.3 Å². The van der Waals surface area contributed by atoms with Crippen LogP contribution in [0.25, 0.3) is 11.1 Å². The highest BCUT2D eigenvalue weighted by atomic mass is 14.3.